The van der Waals surface area contributed by atoms with Crippen molar-refractivity contribution < 1.29 is 0 Å². The molecule has 1 fully saturated rings. The number of hydrogen-bond acceptors (Lipinski definition) is 1. The van der Waals surface area contributed by atoms with Crippen molar-refractivity contribution in [2.75, 3.05) is 5.73 Å². The first-order chi connectivity index (χ1) is 7.25. The Kier molecular flexibility index (Phi) is 3.30. The number of nitrogens with two attached hydrogens (primary N) is 1. The number of hydrogen-bond donors (Lipinski definition) is 1. The van der Waals surface area contributed by atoms with Gasteiger partial charge in [0.1, 0.15) is 0 Å². The smallest absolute Gasteiger partial charge is 0.0314 e. The van der Waals surface area contributed by atoms with Crippen LogP contribution in [0.15, 0.2) is 24.3 Å². The van der Waals surface area contributed by atoms with E-state index in [2.05, 4.69) is 19.1 Å². The molecule has 2 N–H and O–H groups in total. The van der Waals surface area contributed by atoms with E-state index in [0.29, 0.717) is 0 Å². The van der Waals surface area contributed by atoms with Crippen molar-refractivity contribution in [2.24, 2.45) is 5.92 Å². The Labute approximate surface area is 92.7 Å². The molecule has 1 aromatic carbocycles. The Hall–Kier alpha value is -0.980. The molecule has 2 unspecified atom stereocenters. The molecule has 0 bridgehead atoms. The SMILES string of the molecule is CC1CCCC(c2ccc(N)cc2)CC1. The van der Waals surface area contributed by atoms with Crippen LogP contribution in [0.1, 0.15) is 50.5 Å². The van der Waals surface area contributed by atoms with Crippen LogP contribution in [0.3, 0.4) is 0 Å². The average Bonchev–Trinajstić information content (AvgIpc) is 2.44. The lowest BCUT2D eigenvalue weighted by molar-refractivity contribution is 0.499. The van der Waals surface area contributed by atoms with E-state index in [4.69, 9.17) is 5.73 Å². The highest BCUT2D eigenvalue weighted by atomic mass is 14.5. The van der Waals surface area contributed by atoms with Gasteiger partial charge in [-0.05, 0) is 42.4 Å². The van der Waals surface area contributed by atoms with Gasteiger partial charge in [-0.3, -0.25) is 0 Å². The fraction of sp³-hybridized carbons (Fsp3) is 0.571. The first-order valence-electron chi connectivity index (χ1n) is 6.11. The van der Waals surface area contributed by atoms with Crippen molar-refractivity contribution in [1.29, 1.82) is 0 Å². The van der Waals surface area contributed by atoms with E-state index in [1.54, 1.807) is 0 Å². The third-order valence-corrected chi connectivity index (χ3v) is 3.67. The van der Waals surface area contributed by atoms with Gasteiger partial charge < -0.3 is 5.73 Å². The molecule has 0 radical (unpaired) electrons. The van der Waals surface area contributed by atoms with Crippen molar-refractivity contribution in [3.63, 3.8) is 0 Å². The second-order valence-electron chi connectivity index (χ2n) is 4.98. The Morgan fingerprint density at radius 2 is 1.73 bits per heavy atom. The van der Waals surface area contributed by atoms with Gasteiger partial charge in [-0.2, -0.15) is 0 Å². The Bertz CT molecular complexity index is 302. The fourth-order valence-corrected chi connectivity index (χ4v) is 2.59. The van der Waals surface area contributed by atoms with Crippen molar-refractivity contribution in [3.8, 4) is 0 Å². The largest absolute Gasteiger partial charge is 0.399 e. The highest BCUT2D eigenvalue weighted by Crippen LogP contribution is 2.33. The maximum absolute atomic E-state index is 5.71. The molecule has 0 heterocycles. The quantitative estimate of drug-likeness (QED) is 0.542. The van der Waals surface area contributed by atoms with Crippen LogP contribution in [-0.2, 0) is 0 Å². The molecule has 0 aromatic heterocycles. The minimum atomic E-state index is 0.774. The second-order valence-corrected chi connectivity index (χ2v) is 4.98. The van der Waals surface area contributed by atoms with Crippen LogP contribution < -0.4 is 5.73 Å². The number of rotatable bonds is 1. The number of anilines is 1. The molecule has 0 aliphatic heterocycles. The molecule has 0 spiro atoms. The summed E-state index contributed by atoms with van der Waals surface area (Å²) in [7, 11) is 0. The third-order valence-electron chi connectivity index (χ3n) is 3.67. The van der Waals surface area contributed by atoms with Gasteiger partial charge in [0.2, 0.25) is 0 Å². The lowest BCUT2D eigenvalue weighted by atomic mass is 9.91. The highest BCUT2D eigenvalue weighted by molar-refractivity contribution is 5.40. The molecule has 82 valence electrons. The maximum Gasteiger partial charge on any atom is 0.0314 e. The van der Waals surface area contributed by atoms with Gasteiger partial charge in [0, 0.05) is 5.69 Å². The monoisotopic (exact) mass is 203 g/mol. The highest BCUT2D eigenvalue weighted by Gasteiger charge is 2.17. The standard InChI is InChI=1S/C14H21N/c1-11-3-2-4-12(6-5-11)13-7-9-14(15)10-8-13/h7-12H,2-6,15H2,1H3. The number of nitrogen functional groups attached to an aromatic ring is 1. The molecule has 0 saturated heterocycles. The summed E-state index contributed by atoms with van der Waals surface area (Å²) in [5, 5.41) is 0. The lowest BCUT2D eigenvalue weighted by Crippen LogP contribution is -1.98. The predicted molar refractivity (Wildman–Crippen MR) is 65.8 cm³/mol. The zero-order chi connectivity index (χ0) is 10.7. The normalized spacial score (nSPS) is 27.3. The summed E-state index contributed by atoms with van der Waals surface area (Å²) in [6.45, 7) is 2.38. The van der Waals surface area contributed by atoms with Crippen LogP contribution in [-0.4, -0.2) is 0 Å². The summed E-state index contributed by atoms with van der Waals surface area (Å²) in [4.78, 5) is 0. The van der Waals surface area contributed by atoms with E-state index < -0.39 is 0 Å². The third kappa shape index (κ3) is 2.74. The Morgan fingerprint density at radius 3 is 2.47 bits per heavy atom. The molecular formula is C14H21N. The van der Waals surface area contributed by atoms with Gasteiger partial charge in [0.25, 0.3) is 0 Å². The molecule has 2 rings (SSSR count). The molecule has 1 saturated carbocycles. The predicted octanol–water partition coefficient (Wildman–Crippen LogP) is 3.95. The minimum absolute atomic E-state index is 0.774. The van der Waals surface area contributed by atoms with E-state index in [1.807, 2.05) is 12.1 Å². The van der Waals surface area contributed by atoms with E-state index in [-0.39, 0.29) is 0 Å². The molecule has 1 nitrogen and oxygen atoms in total. The van der Waals surface area contributed by atoms with Crippen LogP contribution in [0.25, 0.3) is 0 Å². The van der Waals surface area contributed by atoms with Crippen LogP contribution in [0.5, 0.6) is 0 Å². The minimum Gasteiger partial charge on any atom is -0.399 e. The van der Waals surface area contributed by atoms with E-state index >= 15 is 0 Å². The molecule has 1 aromatic rings. The first-order valence-corrected chi connectivity index (χ1v) is 6.11. The van der Waals surface area contributed by atoms with Gasteiger partial charge >= 0.3 is 0 Å². The lowest BCUT2D eigenvalue weighted by Gasteiger charge is -2.14. The molecule has 1 aliphatic rings. The Morgan fingerprint density at radius 1 is 1.00 bits per heavy atom. The van der Waals surface area contributed by atoms with Crippen molar-refractivity contribution >= 4 is 5.69 Å². The molecule has 15 heavy (non-hydrogen) atoms. The first kappa shape index (κ1) is 10.5. The van der Waals surface area contributed by atoms with Gasteiger partial charge in [-0.25, -0.2) is 0 Å². The Balaban J connectivity index is 2.06. The van der Waals surface area contributed by atoms with Gasteiger partial charge in [-0.15, -0.1) is 0 Å². The fourth-order valence-electron chi connectivity index (χ4n) is 2.59. The zero-order valence-corrected chi connectivity index (χ0v) is 9.58. The molecule has 0 amide bonds. The molecule has 1 aliphatic carbocycles. The average molecular weight is 203 g/mol. The summed E-state index contributed by atoms with van der Waals surface area (Å²) >= 11 is 0. The van der Waals surface area contributed by atoms with Crippen molar-refractivity contribution in [1.82, 2.24) is 0 Å². The van der Waals surface area contributed by atoms with Crippen LogP contribution in [0.4, 0.5) is 5.69 Å². The summed E-state index contributed by atoms with van der Waals surface area (Å²) in [5.41, 5.74) is 8.07. The summed E-state index contributed by atoms with van der Waals surface area (Å²) in [6, 6.07) is 8.47. The van der Waals surface area contributed by atoms with E-state index in [1.165, 1.54) is 37.7 Å². The maximum atomic E-state index is 5.71. The molecule has 2 atom stereocenters. The van der Waals surface area contributed by atoms with Crippen LogP contribution >= 0.6 is 0 Å². The topological polar surface area (TPSA) is 26.0 Å². The van der Waals surface area contributed by atoms with Gasteiger partial charge in [-0.1, -0.05) is 38.3 Å². The van der Waals surface area contributed by atoms with Crippen molar-refractivity contribution in [3.05, 3.63) is 29.8 Å². The summed E-state index contributed by atoms with van der Waals surface area (Å²) in [5.74, 6) is 1.69. The van der Waals surface area contributed by atoms with Crippen LogP contribution in [0, 0.1) is 5.92 Å². The molecular weight excluding hydrogens is 182 g/mol. The zero-order valence-electron chi connectivity index (χ0n) is 9.58. The van der Waals surface area contributed by atoms with Gasteiger partial charge in [0.15, 0.2) is 0 Å². The van der Waals surface area contributed by atoms with E-state index in [9.17, 15) is 0 Å². The van der Waals surface area contributed by atoms with Crippen LogP contribution in [0.2, 0.25) is 0 Å². The molecule has 1 heteroatoms. The second kappa shape index (κ2) is 4.69. The van der Waals surface area contributed by atoms with Gasteiger partial charge in [0.05, 0.1) is 0 Å². The van der Waals surface area contributed by atoms with Crippen molar-refractivity contribution in [2.45, 2.75) is 44.9 Å². The van der Waals surface area contributed by atoms with E-state index in [0.717, 1.165) is 17.5 Å². The summed E-state index contributed by atoms with van der Waals surface area (Å²) in [6.07, 6.45) is 6.88. The summed E-state index contributed by atoms with van der Waals surface area (Å²) < 4.78 is 0. The number of benzene rings is 1.